The fourth-order valence-corrected chi connectivity index (χ4v) is 1.89. The molecule has 0 bridgehead atoms. The first-order chi connectivity index (χ1) is 6.98. The second kappa shape index (κ2) is 8.04. The van der Waals surface area contributed by atoms with Crippen LogP contribution in [0, 0.1) is 0 Å². The van der Waals surface area contributed by atoms with Crippen molar-refractivity contribution in [3.05, 3.63) is 0 Å². The van der Waals surface area contributed by atoms with Crippen LogP contribution in [0.1, 0.15) is 20.8 Å². The smallest absolute Gasteiger partial charge is 0.212 e. The minimum atomic E-state index is -3.15. The van der Waals surface area contributed by atoms with E-state index in [1.54, 1.807) is 0 Å². The van der Waals surface area contributed by atoms with Gasteiger partial charge in [-0.05, 0) is 6.92 Å². The maximum atomic E-state index is 11.4. The molecule has 0 atom stereocenters. The van der Waals surface area contributed by atoms with Crippen LogP contribution in [0.4, 0.5) is 0 Å². The van der Waals surface area contributed by atoms with Crippen molar-refractivity contribution in [2.24, 2.45) is 0 Å². The van der Waals surface area contributed by atoms with E-state index in [1.165, 1.54) is 0 Å². The van der Waals surface area contributed by atoms with Crippen molar-refractivity contribution in [2.45, 2.75) is 26.8 Å². The molecule has 0 heterocycles. The number of ether oxygens (including phenoxy) is 1. The molecule has 0 radical (unpaired) electrons. The van der Waals surface area contributed by atoms with Crippen LogP contribution in [0.15, 0.2) is 0 Å². The van der Waals surface area contributed by atoms with Crippen molar-refractivity contribution in [3.63, 3.8) is 0 Å². The molecule has 0 unspecified atom stereocenters. The molecular formula is C9H22N2O3S. The minimum absolute atomic E-state index is 0.108. The van der Waals surface area contributed by atoms with Gasteiger partial charge in [0.25, 0.3) is 0 Å². The molecule has 0 fully saturated rings. The van der Waals surface area contributed by atoms with E-state index in [0.29, 0.717) is 32.3 Å². The average Bonchev–Trinajstić information content (AvgIpc) is 2.11. The van der Waals surface area contributed by atoms with Gasteiger partial charge in [0.05, 0.1) is 12.4 Å². The van der Waals surface area contributed by atoms with Crippen molar-refractivity contribution in [1.29, 1.82) is 0 Å². The van der Waals surface area contributed by atoms with Crippen LogP contribution in [-0.2, 0) is 14.8 Å². The topological polar surface area (TPSA) is 67.4 Å². The molecule has 15 heavy (non-hydrogen) atoms. The van der Waals surface area contributed by atoms with Gasteiger partial charge in [0.2, 0.25) is 10.0 Å². The maximum absolute atomic E-state index is 11.4. The van der Waals surface area contributed by atoms with Gasteiger partial charge in [-0.2, -0.15) is 0 Å². The highest BCUT2D eigenvalue weighted by Gasteiger charge is 2.08. The summed E-state index contributed by atoms with van der Waals surface area (Å²) in [6, 6.07) is 0.309. The van der Waals surface area contributed by atoms with Crippen LogP contribution < -0.4 is 10.0 Å². The molecule has 0 saturated heterocycles. The third kappa shape index (κ3) is 10.1. The number of rotatable bonds is 9. The molecule has 0 amide bonds. The molecule has 6 heteroatoms. The minimum Gasteiger partial charge on any atom is -0.380 e. The largest absolute Gasteiger partial charge is 0.380 e. The highest BCUT2D eigenvalue weighted by Crippen LogP contribution is 1.84. The van der Waals surface area contributed by atoms with E-state index in [1.807, 2.05) is 20.8 Å². The van der Waals surface area contributed by atoms with Gasteiger partial charge in [-0.1, -0.05) is 13.8 Å². The molecule has 0 spiro atoms. The highest BCUT2D eigenvalue weighted by molar-refractivity contribution is 7.89. The number of sulfonamides is 1. The van der Waals surface area contributed by atoms with E-state index >= 15 is 0 Å². The van der Waals surface area contributed by atoms with Crippen molar-refractivity contribution < 1.29 is 13.2 Å². The highest BCUT2D eigenvalue weighted by atomic mass is 32.2. The van der Waals surface area contributed by atoms with Gasteiger partial charge in [0.15, 0.2) is 0 Å². The lowest BCUT2D eigenvalue weighted by Gasteiger charge is -2.09. The van der Waals surface area contributed by atoms with Crippen LogP contribution in [0.2, 0.25) is 0 Å². The van der Waals surface area contributed by atoms with Crippen molar-refractivity contribution >= 4 is 10.0 Å². The molecule has 0 aromatic rings. The quantitative estimate of drug-likeness (QED) is 0.552. The zero-order valence-corrected chi connectivity index (χ0v) is 10.6. The zero-order chi connectivity index (χ0) is 11.7. The summed E-state index contributed by atoms with van der Waals surface area (Å²) in [5, 5.41) is 3.05. The summed E-state index contributed by atoms with van der Waals surface area (Å²) in [6.45, 7) is 7.69. The zero-order valence-electron chi connectivity index (χ0n) is 9.75. The molecule has 0 saturated carbocycles. The molecule has 0 aromatic heterocycles. The summed E-state index contributed by atoms with van der Waals surface area (Å²) < 4.78 is 30.2. The van der Waals surface area contributed by atoms with Gasteiger partial charge in [-0.3, -0.25) is 0 Å². The van der Waals surface area contributed by atoms with Crippen LogP contribution in [0.5, 0.6) is 0 Å². The molecule has 0 aliphatic rings. The van der Waals surface area contributed by atoms with Gasteiger partial charge in [-0.25, -0.2) is 13.1 Å². The Balaban J connectivity index is 3.59. The summed E-state index contributed by atoms with van der Waals surface area (Å²) in [5.41, 5.74) is 0. The van der Waals surface area contributed by atoms with E-state index in [0.717, 1.165) is 0 Å². The number of hydrogen-bond donors (Lipinski definition) is 2. The lowest BCUT2D eigenvalue weighted by Crippen LogP contribution is -2.35. The summed E-state index contributed by atoms with van der Waals surface area (Å²) in [7, 11) is -3.15. The van der Waals surface area contributed by atoms with Gasteiger partial charge in [-0.15, -0.1) is 0 Å². The van der Waals surface area contributed by atoms with Gasteiger partial charge in [0.1, 0.15) is 0 Å². The van der Waals surface area contributed by atoms with Crippen molar-refractivity contribution in [1.82, 2.24) is 10.0 Å². The SMILES string of the molecule is CCOCCNS(=O)(=O)CCNC(C)C. The maximum Gasteiger partial charge on any atom is 0.212 e. The van der Waals surface area contributed by atoms with E-state index in [4.69, 9.17) is 4.74 Å². The summed E-state index contributed by atoms with van der Waals surface area (Å²) in [5.74, 6) is 0.108. The standard InChI is InChI=1S/C9H22N2O3S/c1-4-14-7-5-11-15(12,13)8-6-10-9(2)3/h9-11H,4-8H2,1-3H3. The normalized spacial score (nSPS) is 12.3. The van der Waals surface area contributed by atoms with Crippen LogP contribution in [0.3, 0.4) is 0 Å². The Kier molecular flexibility index (Phi) is 7.95. The van der Waals surface area contributed by atoms with Crippen molar-refractivity contribution in [3.8, 4) is 0 Å². The second-order valence-corrected chi connectivity index (χ2v) is 5.45. The predicted octanol–water partition coefficient (Wildman–Crippen LogP) is -0.0597. The third-order valence-electron chi connectivity index (χ3n) is 1.70. The molecule has 2 N–H and O–H groups in total. The summed E-state index contributed by atoms with van der Waals surface area (Å²) in [4.78, 5) is 0. The Bertz CT molecular complexity index is 240. The Morgan fingerprint density at radius 3 is 2.47 bits per heavy atom. The Morgan fingerprint density at radius 2 is 1.93 bits per heavy atom. The van der Waals surface area contributed by atoms with E-state index in [-0.39, 0.29) is 5.75 Å². The fourth-order valence-electron chi connectivity index (χ4n) is 0.968. The van der Waals surface area contributed by atoms with Gasteiger partial charge >= 0.3 is 0 Å². The summed E-state index contributed by atoms with van der Waals surface area (Å²) in [6.07, 6.45) is 0. The van der Waals surface area contributed by atoms with E-state index < -0.39 is 10.0 Å². The Hall–Kier alpha value is -0.170. The summed E-state index contributed by atoms with van der Waals surface area (Å²) >= 11 is 0. The molecule has 0 aromatic carbocycles. The van der Waals surface area contributed by atoms with Crippen LogP contribution >= 0.6 is 0 Å². The molecule has 5 nitrogen and oxygen atoms in total. The molecule has 0 aliphatic heterocycles. The first-order valence-electron chi connectivity index (χ1n) is 5.26. The molecular weight excluding hydrogens is 216 g/mol. The predicted molar refractivity (Wildman–Crippen MR) is 61.4 cm³/mol. The number of hydrogen-bond acceptors (Lipinski definition) is 4. The van der Waals surface area contributed by atoms with Crippen LogP contribution in [0.25, 0.3) is 0 Å². The fraction of sp³-hybridized carbons (Fsp3) is 1.00. The second-order valence-electron chi connectivity index (χ2n) is 3.52. The monoisotopic (exact) mass is 238 g/mol. The number of nitrogens with one attached hydrogen (secondary N) is 2. The van der Waals surface area contributed by atoms with Gasteiger partial charge in [0, 0.05) is 25.7 Å². The van der Waals surface area contributed by atoms with E-state index in [9.17, 15) is 8.42 Å². The third-order valence-corrected chi connectivity index (χ3v) is 3.08. The average molecular weight is 238 g/mol. The van der Waals surface area contributed by atoms with Crippen molar-refractivity contribution in [2.75, 3.05) is 32.1 Å². The Labute approximate surface area is 92.6 Å². The lowest BCUT2D eigenvalue weighted by molar-refractivity contribution is 0.153. The molecule has 92 valence electrons. The first kappa shape index (κ1) is 14.8. The molecule has 0 rings (SSSR count). The van der Waals surface area contributed by atoms with E-state index in [2.05, 4.69) is 10.0 Å². The van der Waals surface area contributed by atoms with Gasteiger partial charge < -0.3 is 10.1 Å². The lowest BCUT2D eigenvalue weighted by atomic mass is 10.4. The first-order valence-corrected chi connectivity index (χ1v) is 6.91. The Morgan fingerprint density at radius 1 is 1.27 bits per heavy atom. The molecule has 0 aliphatic carbocycles. The van der Waals surface area contributed by atoms with Crippen LogP contribution in [-0.4, -0.2) is 46.5 Å².